The molecule has 20 heavy (non-hydrogen) atoms. The molecule has 1 atom stereocenters. The van der Waals surface area contributed by atoms with Gasteiger partial charge >= 0.3 is 0 Å². The molecule has 0 saturated carbocycles. The first kappa shape index (κ1) is 13.1. The van der Waals surface area contributed by atoms with Crippen LogP contribution in [0.5, 0.6) is 0 Å². The minimum absolute atomic E-state index is 0.514. The van der Waals surface area contributed by atoms with E-state index in [9.17, 15) is 0 Å². The van der Waals surface area contributed by atoms with Crippen molar-refractivity contribution in [1.29, 1.82) is 0 Å². The van der Waals surface area contributed by atoms with E-state index in [1.807, 2.05) is 19.1 Å². The van der Waals surface area contributed by atoms with E-state index in [1.54, 1.807) is 6.20 Å². The second-order valence-corrected chi connectivity index (χ2v) is 5.14. The molecule has 1 aliphatic rings. The Kier molecular flexibility index (Phi) is 3.92. The minimum atomic E-state index is 0.514. The Labute approximate surface area is 118 Å². The predicted octanol–water partition coefficient (Wildman–Crippen LogP) is 1.85. The predicted molar refractivity (Wildman–Crippen MR) is 76.3 cm³/mol. The molecule has 0 bridgehead atoms. The molecule has 0 radical (unpaired) electrons. The molecule has 0 spiro atoms. The molecule has 2 aromatic rings. The SMILES string of the molecule is Cc1noc(-c2cccnc2NCC2CCCNC2)n1. The van der Waals surface area contributed by atoms with Gasteiger partial charge in [-0.15, -0.1) is 0 Å². The Morgan fingerprint density at radius 2 is 2.45 bits per heavy atom. The molecular weight excluding hydrogens is 254 g/mol. The van der Waals surface area contributed by atoms with Crippen LogP contribution in [-0.4, -0.2) is 34.8 Å². The number of piperidine rings is 1. The number of aromatic nitrogens is 3. The summed E-state index contributed by atoms with van der Waals surface area (Å²) in [6.07, 6.45) is 4.26. The van der Waals surface area contributed by atoms with Crippen molar-refractivity contribution in [2.45, 2.75) is 19.8 Å². The maximum atomic E-state index is 5.23. The Bertz CT molecular complexity index is 562. The zero-order chi connectivity index (χ0) is 13.8. The van der Waals surface area contributed by atoms with Crippen molar-refractivity contribution >= 4 is 5.82 Å². The van der Waals surface area contributed by atoms with Crippen LogP contribution >= 0.6 is 0 Å². The zero-order valence-electron chi connectivity index (χ0n) is 11.6. The fraction of sp³-hybridized carbons (Fsp3) is 0.500. The Morgan fingerprint density at radius 1 is 1.50 bits per heavy atom. The second-order valence-electron chi connectivity index (χ2n) is 5.14. The van der Waals surface area contributed by atoms with E-state index in [-0.39, 0.29) is 0 Å². The van der Waals surface area contributed by atoms with Crippen LogP contribution in [0.3, 0.4) is 0 Å². The number of hydrogen-bond acceptors (Lipinski definition) is 6. The molecule has 106 valence electrons. The van der Waals surface area contributed by atoms with Crippen LogP contribution in [-0.2, 0) is 0 Å². The maximum Gasteiger partial charge on any atom is 0.261 e. The number of aryl methyl sites for hydroxylation is 1. The molecule has 2 N–H and O–H groups in total. The van der Waals surface area contributed by atoms with Gasteiger partial charge in [0.1, 0.15) is 5.82 Å². The Hall–Kier alpha value is -1.95. The summed E-state index contributed by atoms with van der Waals surface area (Å²) in [6, 6.07) is 3.82. The van der Waals surface area contributed by atoms with E-state index in [1.165, 1.54) is 12.8 Å². The van der Waals surface area contributed by atoms with Gasteiger partial charge in [-0.25, -0.2) is 4.98 Å². The van der Waals surface area contributed by atoms with Gasteiger partial charge in [-0.1, -0.05) is 5.16 Å². The molecule has 1 fully saturated rings. The van der Waals surface area contributed by atoms with E-state index in [0.717, 1.165) is 31.0 Å². The summed E-state index contributed by atoms with van der Waals surface area (Å²) >= 11 is 0. The molecule has 3 rings (SSSR count). The normalized spacial score (nSPS) is 18.9. The summed E-state index contributed by atoms with van der Waals surface area (Å²) < 4.78 is 5.23. The third-order valence-electron chi connectivity index (χ3n) is 3.52. The molecule has 2 aromatic heterocycles. The second kappa shape index (κ2) is 6.00. The first-order chi connectivity index (χ1) is 9.83. The molecular formula is C14H19N5O. The van der Waals surface area contributed by atoms with Gasteiger partial charge in [0.25, 0.3) is 5.89 Å². The average molecular weight is 273 g/mol. The highest BCUT2D eigenvalue weighted by Crippen LogP contribution is 2.24. The number of nitrogens with one attached hydrogen (secondary N) is 2. The summed E-state index contributed by atoms with van der Waals surface area (Å²) in [4.78, 5) is 8.66. The average Bonchev–Trinajstić information content (AvgIpc) is 2.93. The molecule has 6 heteroatoms. The summed E-state index contributed by atoms with van der Waals surface area (Å²) in [5, 5.41) is 10.7. The number of anilines is 1. The van der Waals surface area contributed by atoms with Crippen molar-refractivity contribution < 1.29 is 4.52 Å². The van der Waals surface area contributed by atoms with E-state index in [0.29, 0.717) is 17.6 Å². The minimum Gasteiger partial charge on any atom is -0.369 e. The lowest BCUT2D eigenvalue weighted by molar-refractivity contribution is 0.392. The fourth-order valence-electron chi connectivity index (χ4n) is 2.46. The third kappa shape index (κ3) is 2.96. The van der Waals surface area contributed by atoms with Crippen LogP contribution in [0.1, 0.15) is 18.7 Å². The number of rotatable bonds is 4. The lowest BCUT2D eigenvalue weighted by Gasteiger charge is -2.23. The lowest BCUT2D eigenvalue weighted by atomic mass is 10.00. The first-order valence-electron chi connectivity index (χ1n) is 7.03. The van der Waals surface area contributed by atoms with Gasteiger partial charge in [0.2, 0.25) is 0 Å². The first-order valence-corrected chi connectivity index (χ1v) is 7.03. The lowest BCUT2D eigenvalue weighted by Crippen LogP contribution is -2.33. The highest BCUT2D eigenvalue weighted by atomic mass is 16.5. The van der Waals surface area contributed by atoms with Gasteiger partial charge in [-0.2, -0.15) is 4.98 Å². The van der Waals surface area contributed by atoms with Crippen LogP contribution < -0.4 is 10.6 Å². The van der Waals surface area contributed by atoms with Gasteiger partial charge in [-0.05, 0) is 50.9 Å². The van der Waals surface area contributed by atoms with Gasteiger partial charge in [0, 0.05) is 12.7 Å². The fourth-order valence-corrected chi connectivity index (χ4v) is 2.46. The molecule has 1 aliphatic heterocycles. The highest BCUT2D eigenvalue weighted by Gasteiger charge is 2.16. The van der Waals surface area contributed by atoms with Crippen molar-refractivity contribution in [3.05, 3.63) is 24.2 Å². The van der Waals surface area contributed by atoms with Crippen molar-refractivity contribution in [3.63, 3.8) is 0 Å². The molecule has 1 unspecified atom stereocenters. The Balaban J connectivity index is 1.72. The van der Waals surface area contributed by atoms with E-state index < -0.39 is 0 Å². The number of pyridine rings is 1. The van der Waals surface area contributed by atoms with E-state index in [4.69, 9.17) is 4.52 Å². The van der Waals surface area contributed by atoms with Crippen LogP contribution in [0.2, 0.25) is 0 Å². The number of nitrogens with zero attached hydrogens (tertiary/aromatic N) is 3. The van der Waals surface area contributed by atoms with Crippen LogP contribution in [0, 0.1) is 12.8 Å². The van der Waals surface area contributed by atoms with Crippen LogP contribution in [0.25, 0.3) is 11.5 Å². The third-order valence-corrected chi connectivity index (χ3v) is 3.52. The summed E-state index contributed by atoms with van der Waals surface area (Å²) in [5.41, 5.74) is 0.858. The van der Waals surface area contributed by atoms with Crippen molar-refractivity contribution in [2.75, 3.05) is 25.0 Å². The van der Waals surface area contributed by atoms with Gasteiger partial charge in [0.15, 0.2) is 5.82 Å². The standard InChI is InChI=1S/C14H19N5O/c1-10-18-14(20-19-10)12-5-3-7-16-13(12)17-9-11-4-2-6-15-8-11/h3,5,7,11,15H,2,4,6,8-9H2,1H3,(H,16,17). The van der Waals surface area contributed by atoms with Gasteiger partial charge < -0.3 is 15.2 Å². The van der Waals surface area contributed by atoms with E-state index >= 15 is 0 Å². The van der Waals surface area contributed by atoms with Crippen LogP contribution in [0.15, 0.2) is 22.9 Å². The summed E-state index contributed by atoms with van der Waals surface area (Å²) in [6.45, 7) is 4.91. The van der Waals surface area contributed by atoms with Gasteiger partial charge in [-0.3, -0.25) is 0 Å². The van der Waals surface area contributed by atoms with Crippen molar-refractivity contribution in [2.24, 2.45) is 5.92 Å². The largest absolute Gasteiger partial charge is 0.369 e. The maximum absolute atomic E-state index is 5.23. The number of hydrogen-bond donors (Lipinski definition) is 2. The smallest absolute Gasteiger partial charge is 0.261 e. The monoisotopic (exact) mass is 273 g/mol. The molecule has 3 heterocycles. The quantitative estimate of drug-likeness (QED) is 0.885. The van der Waals surface area contributed by atoms with Gasteiger partial charge in [0.05, 0.1) is 5.56 Å². The zero-order valence-corrected chi connectivity index (χ0v) is 11.6. The molecule has 6 nitrogen and oxygen atoms in total. The van der Waals surface area contributed by atoms with Crippen molar-refractivity contribution in [1.82, 2.24) is 20.4 Å². The van der Waals surface area contributed by atoms with Crippen molar-refractivity contribution in [3.8, 4) is 11.5 Å². The molecule has 0 aromatic carbocycles. The van der Waals surface area contributed by atoms with Crippen LogP contribution in [0.4, 0.5) is 5.82 Å². The van der Waals surface area contributed by atoms with E-state index in [2.05, 4.69) is 25.8 Å². The molecule has 1 saturated heterocycles. The topological polar surface area (TPSA) is 75.9 Å². The molecule has 0 aliphatic carbocycles. The molecule has 0 amide bonds. The highest BCUT2D eigenvalue weighted by molar-refractivity contribution is 5.68. The summed E-state index contributed by atoms with van der Waals surface area (Å²) in [5.74, 6) is 2.59. The Morgan fingerprint density at radius 3 is 3.20 bits per heavy atom. The summed E-state index contributed by atoms with van der Waals surface area (Å²) in [7, 11) is 0.